The molecule has 1 aromatic heterocycles. The van der Waals surface area contributed by atoms with Crippen molar-refractivity contribution in [1.29, 1.82) is 0 Å². The van der Waals surface area contributed by atoms with Gasteiger partial charge < -0.3 is 4.90 Å². The predicted molar refractivity (Wildman–Crippen MR) is 115 cm³/mol. The fourth-order valence-corrected chi connectivity index (χ4v) is 4.20. The summed E-state index contributed by atoms with van der Waals surface area (Å²) in [7, 11) is 4.05. The lowest BCUT2D eigenvalue weighted by atomic mass is 10.1. The first-order chi connectivity index (χ1) is 13.5. The summed E-state index contributed by atoms with van der Waals surface area (Å²) >= 11 is 1.56. The molecule has 28 heavy (non-hydrogen) atoms. The molecule has 4 nitrogen and oxygen atoms in total. The second-order valence-electron chi connectivity index (χ2n) is 7.12. The van der Waals surface area contributed by atoms with E-state index in [2.05, 4.69) is 24.0 Å². The van der Waals surface area contributed by atoms with E-state index in [4.69, 9.17) is 4.98 Å². The smallest absolute Gasteiger partial charge is 0.233 e. The number of carbonyl (C=O) groups excluding carboxylic acids is 1. The Hall–Kier alpha value is -2.31. The normalized spacial score (nSPS) is 11.3. The molecule has 0 fully saturated rings. The van der Waals surface area contributed by atoms with Gasteiger partial charge in [0.15, 0.2) is 5.13 Å². The highest BCUT2D eigenvalue weighted by Gasteiger charge is 2.20. The summed E-state index contributed by atoms with van der Waals surface area (Å²) in [5.41, 5.74) is 2.98. The lowest BCUT2D eigenvalue weighted by Crippen LogP contribution is -2.34. The molecule has 0 aliphatic carbocycles. The minimum absolute atomic E-state index is 0.0116. The van der Waals surface area contributed by atoms with Crippen molar-refractivity contribution < 1.29 is 9.18 Å². The van der Waals surface area contributed by atoms with Gasteiger partial charge in [-0.15, -0.1) is 0 Å². The maximum Gasteiger partial charge on any atom is 0.233 e. The van der Waals surface area contributed by atoms with Crippen molar-refractivity contribution in [3.8, 4) is 0 Å². The quantitative estimate of drug-likeness (QED) is 0.559. The summed E-state index contributed by atoms with van der Waals surface area (Å²) in [6.07, 6.45) is 2.00. The maximum absolute atomic E-state index is 13.2. The predicted octanol–water partition coefficient (Wildman–Crippen LogP) is 4.53. The number of aromatic nitrogens is 1. The number of para-hydroxylation sites is 1. The highest BCUT2D eigenvalue weighted by atomic mass is 32.1. The van der Waals surface area contributed by atoms with Crippen molar-refractivity contribution in [3.63, 3.8) is 0 Å². The van der Waals surface area contributed by atoms with Crippen molar-refractivity contribution in [1.82, 2.24) is 9.88 Å². The number of thiazole rings is 1. The van der Waals surface area contributed by atoms with Crippen LogP contribution in [0.2, 0.25) is 0 Å². The number of fused-ring (bicyclic) bond motifs is 1. The fourth-order valence-electron chi connectivity index (χ4n) is 3.14. The van der Waals surface area contributed by atoms with E-state index in [1.165, 1.54) is 17.7 Å². The topological polar surface area (TPSA) is 36.4 Å². The number of aryl methyl sites for hydroxylation is 1. The molecule has 148 valence electrons. The molecule has 0 saturated carbocycles. The molecule has 3 aromatic rings. The zero-order valence-corrected chi connectivity index (χ0v) is 17.4. The molecule has 0 saturated heterocycles. The van der Waals surface area contributed by atoms with Gasteiger partial charge >= 0.3 is 0 Å². The molecule has 6 heteroatoms. The summed E-state index contributed by atoms with van der Waals surface area (Å²) in [4.78, 5) is 21.8. The second-order valence-corrected chi connectivity index (χ2v) is 8.13. The lowest BCUT2D eigenvalue weighted by molar-refractivity contribution is -0.118. The Labute approximate surface area is 169 Å². The van der Waals surface area contributed by atoms with Gasteiger partial charge in [0.2, 0.25) is 5.91 Å². The Morgan fingerprint density at radius 1 is 1.11 bits per heavy atom. The molecule has 0 radical (unpaired) electrons. The molecular formula is C22H26FN3OS. The van der Waals surface area contributed by atoms with E-state index in [1.54, 1.807) is 28.4 Å². The molecule has 1 heterocycles. The van der Waals surface area contributed by atoms with Gasteiger partial charge in [0, 0.05) is 6.54 Å². The van der Waals surface area contributed by atoms with Crippen LogP contribution in [0, 0.1) is 5.82 Å². The Kier molecular flexibility index (Phi) is 6.75. The van der Waals surface area contributed by atoms with E-state index in [9.17, 15) is 9.18 Å². The number of amides is 1. The van der Waals surface area contributed by atoms with Gasteiger partial charge in [-0.3, -0.25) is 9.69 Å². The van der Waals surface area contributed by atoms with Crippen LogP contribution in [0.1, 0.15) is 24.5 Å². The monoisotopic (exact) mass is 399 g/mol. The van der Waals surface area contributed by atoms with Crippen LogP contribution in [-0.4, -0.2) is 43.0 Å². The van der Waals surface area contributed by atoms with E-state index in [-0.39, 0.29) is 18.1 Å². The summed E-state index contributed by atoms with van der Waals surface area (Å²) in [6, 6.07) is 12.3. The summed E-state index contributed by atoms with van der Waals surface area (Å²) in [5, 5.41) is 0.738. The molecule has 3 rings (SSSR count). The Morgan fingerprint density at radius 3 is 2.54 bits per heavy atom. The van der Waals surface area contributed by atoms with Crippen LogP contribution in [0.15, 0.2) is 42.5 Å². The van der Waals surface area contributed by atoms with Crippen molar-refractivity contribution in [2.24, 2.45) is 0 Å². The highest BCUT2D eigenvalue weighted by molar-refractivity contribution is 7.22. The summed E-state index contributed by atoms with van der Waals surface area (Å²) in [6.45, 7) is 3.62. The number of anilines is 1. The van der Waals surface area contributed by atoms with Crippen LogP contribution in [0.5, 0.6) is 0 Å². The number of rotatable bonds is 8. The largest absolute Gasteiger partial charge is 0.309 e. The van der Waals surface area contributed by atoms with Crippen LogP contribution in [0.4, 0.5) is 9.52 Å². The third-order valence-corrected chi connectivity index (χ3v) is 5.70. The fraction of sp³-hybridized carbons (Fsp3) is 0.364. The average molecular weight is 400 g/mol. The molecule has 1 amide bonds. The first-order valence-electron chi connectivity index (χ1n) is 9.56. The van der Waals surface area contributed by atoms with Crippen LogP contribution < -0.4 is 4.90 Å². The second kappa shape index (κ2) is 9.26. The van der Waals surface area contributed by atoms with E-state index in [0.717, 1.165) is 40.3 Å². The van der Waals surface area contributed by atoms with Crippen molar-refractivity contribution in [2.75, 3.05) is 32.1 Å². The van der Waals surface area contributed by atoms with E-state index >= 15 is 0 Å². The SMILES string of the molecule is CCc1cccc2sc(N(CCCN(C)C)C(=O)Cc3ccc(F)cc3)nc12. The first kappa shape index (κ1) is 20.4. The third-order valence-electron chi connectivity index (χ3n) is 4.66. The van der Waals surface area contributed by atoms with Crippen LogP contribution in [0.25, 0.3) is 10.2 Å². The van der Waals surface area contributed by atoms with Gasteiger partial charge in [0.25, 0.3) is 0 Å². The highest BCUT2D eigenvalue weighted by Crippen LogP contribution is 2.31. The minimum atomic E-state index is -0.294. The number of hydrogen-bond acceptors (Lipinski definition) is 4. The number of nitrogens with zero attached hydrogens (tertiary/aromatic N) is 3. The number of benzene rings is 2. The lowest BCUT2D eigenvalue weighted by Gasteiger charge is -2.21. The number of carbonyl (C=O) groups is 1. The van der Waals surface area contributed by atoms with Gasteiger partial charge in [0.05, 0.1) is 16.6 Å². The van der Waals surface area contributed by atoms with Crippen LogP contribution in [-0.2, 0) is 17.6 Å². The van der Waals surface area contributed by atoms with Crippen molar-refractivity contribution in [2.45, 2.75) is 26.2 Å². The zero-order valence-electron chi connectivity index (χ0n) is 16.6. The molecule has 0 spiro atoms. The molecule has 0 N–H and O–H groups in total. The third kappa shape index (κ3) is 4.94. The summed E-state index contributed by atoms with van der Waals surface area (Å²) < 4.78 is 14.3. The van der Waals surface area contributed by atoms with Crippen molar-refractivity contribution in [3.05, 3.63) is 59.4 Å². The maximum atomic E-state index is 13.2. The Bertz CT molecular complexity index is 937. The molecule has 2 aromatic carbocycles. The molecule has 0 unspecified atom stereocenters. The van der Waals surface area contributed by atoms with Crippen LogP contribution >= 0.6 is 11.3 Å². The Balaban J connectivity index is 1.87. The van der Waals surface area contributed by atoms with Gasteiger partial charge in [-0.25, -0.2) is 9.37 Å². The molecule has 0 atom stereocenters. The number of halogens is 1. The van der Waals surface area contributed by atoms with Gasteiger partial charge in [0.1, 0.15) is 5.82 Å². The number of hydrogen-bond donors (Lipinski definition) is 0. The molecule has 0 aliphatic heterocycles. The average Bonchev–Trinajstić information content (AvgIpc) is 3.10. The standard InChI is InChI=1S/C22H26FN3OS/c1-4-17-7-5-8-19-21(17)24-22(28-19)26(14-6-13-25(2)3)20(27)15-16-9-11-18(23)12-10-16/h5,7-12H,4,6,13-15H2,1-3H3. The van der Waals surface area contributed by atoms with Gasteiger partial charge in [-0.1, -0.05) is 42.5 Å². The van der Waals surface area contributed by atoms with Crippen LogP contribution in [0.3, 0.4) is 0 Å². The van der Waals surface area contributed by atoms with E-state index in [0.29, 0.717) is 6.54 Å². The van der Waals surface area contributed by atoms with E-state index < -0.39 is 0 Å². The summed E-state index contributed by atoms with van der Waals surface area (Å²) in [5.74, 6) is -0.306. The Morgan fingerprint density at radius 2 is 1.86 bits per heavy atom. The zero-order chi connectivity index (χ0) is 20.1. The molecule has 0 aliphatic rings. The first-order valence-corrected chi connectivity index (χ1v) is 10.4. The van der Waals surface area contributed by atoms with Gasteiger partial charge in [-0.2, -0.15) is 0 Å². The minimum Gasteiger partial charge on any atom is -0.309 e. The van der Waals surface area contributed by atoms with Gasteiger partial charge in [-0.05, 0) is 62.8 Å². The molecular weight excluding hydrogens is 373 g/mol. The molecule has 0 bridgehead atoms. The van der Waals surface area contributed by atoms with E-state index in [1.807, 2.05) is 20.2 Å². The van der Waals surface area contributed by atoms with Crippen molar-refractivity contribution >= 4 is 32.6 Å².